The van der Waals surface area contributed by atoms with Crippen LogP contribution in [0.1, 0.15) is 30.9 Å². The number of nitrogens with one attached hydrogen (secondary N) is 1. The second-order valence-corrected chi connectivity index (χ2v) is 10.7. The van der Waals surface area contributed by atoms with E-state index in [4.69, 9.17) is 11.6 Å². The SMILES string of the molecule is Cc1cc(Cl)ccc1N(CC(=O)NCc1ccc(N2CCCC(C)C2)cc1)S(C)(=O)=O. The number of piperidine rings is 1. The van der Waals surface area contributed by atoms with Crippen LogP contribution in [-0.4, -0.2) is 40.2 Å². The predicted molar refractivity (Wildman–Crippen MR) is 127 cm³/mol. The molecule has 3 rings (SSSR count). The summed E-state index contributed by atoms with van der Waals surface area (Å²) in [5, 5.41) is 3.34. The first-order valence-electron chi connectivity index (χ1n) is 10.5. The number of aryl methyl sites for hydroxylation is 1. The molecule has 31 heavy (non-hydrogen) atoms. The lowest BCUT2D eigenvalue weighted by molar-refractivity contribution is -0.119. The second-order valence-electron chi connectivity index (χ2n) is 8.34. The van der Waals surface area contributed by atoms with Gasteiger partial charge < -0.3 is 10.2 Å². The zero-order valence-corrected chi connectivity index (χ0v) is 19.8. The van der Waals surface area contributed by atoms with Crippen LogP contribution in [0.15, 0.2) is 42.5 Å². The Balaban J connectivity index is 1.61. The maximum atomic E-state index is 12.5. The molecule has 0 radical (unpaired) electrons. The molecule has 1 aliphatic rings. The molecule has 2 aromatic rings. The lowest BCUT2D eigenvalue weighted by atomic mass is 9.99. The van der Waals surface area contributed by atoms with Gasteiger partial charge >= 0.3 is 0 Å². The van der Waals surface area contributed by atoms with Crippen LogP contribution in [0.25, 0.3) is 0 Å². The topological polar surface area (TPSA) is 69.7 Å². The fourth-order valence-corrected chi connectivity index (χ4v) is 5.06. The van der Waals surface area contributed by atoms with Gasteiger partial charge in [-0.1, -0.05) is 30.7 Å². The highest BCUT2D eigenvalue weighted by molar-refractivity contribution is 7.92. The summed E-state index contributed by atoms with van der Waals surface area (Å²) in [7, 11) is -3.63. The third-order valence-electron chi connectivity index (χ3n) is 5.56. The van der Waals surface area contributed by atoms with Crippen molar-refractivity contribution in [2.24, 2.45) is 5.92 Å². The number of hydrogen-bond acceptors (Lipinski definition) is 4. The van der Waals surface area contributed by atoms with Crippen LogP contribution in [0.5, 0.6) is 0 Å². The van der Waals surface area contributed by atoms with Gasteiger partial charge in [-0.2, -0.15) is 0 Å². The van der Waals surface area contributed by atoms with E-state index >= 15 is 0 Å². The highest BCUT2D eigenvalue weighted by Gasteiger charge is 2.22. The van der Waals surface area contributed by atoms with E-state index in [0.29, 0.717) is 28.7 Å². The van der Waals surface area contributed by atoms with Gasteiger partial charge in [-0.25, -0.2) is 8.42 Å². The molecular weight excluding hydrogens is 434 g/mol. The minimum absolute atomic E-state index is 0.287. The van der Waals surface area contributed by atoms with Crippen LogP contribution in [-0.2, 0) is 21.4 Å². The van der Waals surface area contributed by atoms with Gasteiger partial charge in [0.15, 0.2) is 0 Å². The molecule has 0 spiro atoms. The van der Waals surface area contributed by atoms with Crippen molar-refractivity contribution in [1.29, 1.82) is 0 Å². The lowest BCUT2D eigenvalue weighted by Gasteiger charge is -2.32. The van der Waals surface area contributed by atoms with Crippen molar-refractivity contribution < 1.29 is 13.2 Å². The van der Waals surface area contributed by atoms with E-state index in [0.717, 1.165) is 29.2 Å². The number of hydrogen-bond donors (Lipinski definition) is 1. The molecule has 1 unspecified atom stereocenters. The lowest BCUT2D eigenvalue weighted by Crippen LogP contribution is -2.40. The van der Waals surface area contributed by atoms with Crippen molar-refractivity contribution in [1.82, 2.24) is 5.32 Å². The smallest absolute Gasteiger partial charge is 0.241 e. The highest BCUT2D eigenvalue weighted by Crippen LogP contribution is 2.26. The number of rotatable bonds is 7. The van der Waals surface area contributed by atoms with E-state index in [1.54, 1.807) is 25.1 Å². The van der Waals surface area contributed by atoms with Gasteiger partial charge in [0.25, 0.3) is 0 Å². The molecule has 8 heteroatoms. The van der Waals surface area contributed by atoms with Gasteiger partial charge in [-0.15, -0.1) is 0 Å². The molecule has 1 aliphatic heterocycles. The van der Waals surface area contributed by atoms with Gasteiger partial charge in [0.2, 0.25) is 15.9 Å². The third kappa shape index (κ3) is 6.37. The maximum absolute atomic E-state index is 12.5. The molecule has 1 saturated heterocycles. The number of carbonyl (C=O) groups excluding carboxylic acids is 1. The van der Waals surface area contributed by atoms with E-state index in [9.17, 15) is 13.2 Å². The van der Waals surface area contributed by atoms with Crippen molar-refractivity contribution >= 4 is 38.9 Å². The van der Waals surface area contributed by atoms with Crippen LogP contribution in [0.2, 0.25) is 5.02 Å². The molecule has 0 aliphatic carbocycles. The first-order valence-corrected chi connectivity index (χ1v) is 12.7. The molecule has 1 atom stereocenters. The monoisotopic (exact) mass is 463 g/mol. The minimum Gasteiger partial charge on any atom is -0.371 e. The highest BCUT2D eigenvalue weighted by atomic mass is 35.5. The van der Waals surface area contributed by atoms with E-state index in [2.05, 4.69) is 29.3 Å². The summed E-state index contributed by atoms with van der Waals surface area (Å²) >= 11 is 5.98. The summed E-state index contributed by atoms with van der Waals surface area (Å²) in [6, 6.07) is 13.1. The number of nitrogens with zero attached hydrogens (tertiary/aromatic N) is 2. The van der Waals surface area contributed by atoms with E-state index in [1.807, 2.05) is 12.1 Å². The quantitative estimate of drug-likeness (QED) is 0.674. The molecule has 0 bridgehead atoms. The fourth-order valence-electron chi connectivity index (χ4n) is 3.92. The average Bonchev–Trinajstić information content (AvgIpc) is 2.71. The largest absolute Gasteiger partial charge is 0.371 e. The molecule has 6 nitrogen and oxygen atoms in total. The normalized spacial score (nSPS) is 16.8. The van der Waals surface area contributed by atoms with Crippen molar-refractivity contribution in [3.63, 3.8) is 0 Å². The first kappa shape index (κ1) is 23.4. The maximum Gasteiger partial charge on any atom is 0.241 e. The Morgan fingerprint density at radius 3 is 2.55 bits per heavy atom. The molecule has 0 saturated carbocycles. The van der Waals surface area contributed by atoms with Gasteiger partial charge in [-0.05, 0) is 67.1 Å². The van der Waals surface area contributed by atoms with E-state index < -0.39 is 10.0 Å². The van der Waals surface area contributed by atoms with Crippen molar-refractivity contribution in [3.05, 3.63) is 58.6 Å². The van der Waals surface area contributed by atoms with Gasteiger partial charge in [0, 0.05) is 30.3 Å². The van der Waals surface area contributed by atoms with Crippen LogP contribution in [0.3, 0.4) is 0 Å². The van der Waals surface area contributed by atoms with Crippen LogP contribution in [0.4, 0.5) is 11.4 Å². The number of sulfonamides is 1. The molecule has 2 aromatic carbocycles. The van der Waals surface area contributed by atoms with Crippen LogP contribution >= 0.6 is 11.6 Å². The van der Waals surface area contributed by atoms with Crippen molar-refractivity contribution in [3.8, 4) is 0 Å². The molecule has 0 aromatic heterocycles. The number of amides is 1. The van der Waals surface area contributed by atoms with Crippen molar-refractivity contribution in [2.45, 2.75) is 33.2 Å². The molecule has 1 N–H and O–H groups in total. The summed E-state index contributed by atoms with van der Waals surface area (Å²) in [6.07, 6.45) is 3.58. The molecular formula is C23H30ClN3O3S. The molecule has 168 valence electrons. The second kappa shape index (κ2) is 9.92. The Morgan fingerprint density at radius 1 is 1.23 bits per heavy atom. The average molecular weight is 464 g/mol. The fraction of sp³-hybridized carbons (Fsp3) is 0.435. The Labute approximate surface area is 190 Å². The summed E-state index contributed by atoms with van der Waals surface area (Å²) < 4.78 is 25.7. The van der Waals surface area contributed by atoms with Crippen molar-refractivity contribution in [2.75, 3.05) is 35.1 Å². The minimum atomic E-state index is -3.63. The summed E-state index contributed by atoms with van der Waals surface area (Å²) in [4.78, 5) is 14.9. The summed E-state index contributed by atoms with van der Waals surface area (Å²) in [6.45, 7) is 6.24. The van der Waals surface area contributed by atoms with E-state index in [-0.39, 0.29) is 12.5 Å². The Morgan fingerprint density at radius 2 is 1.94 bits per heavy atom. The Hall–Kier alpha value is -2.25. The van der Waals surface area contributed by atoms with Gasteiger partial charge in [0.1, 0.15) is 6.54 Å². The van der Waals surface area contributed by atoms with E-state index in [1.165, 1.54) is 18.5 Å². The summed E-state index contributed by atoms with van der Waals surface area (Å²) in [5.74, 6) is 0.337. The summed E-state index contributed by atoms with van der Waals surface area (Å²) in [5.41, 5.74) is 3.30. The first-order chi connectivity index (χ1) is 14.6. The number of benzene rings is 2. The van der Waals surface area contributed by atoms with Gasteiger partial charge in [-0.3, -0.25) is 9.10 Å². The number of halogens is 1. The number of carbonyl (C=O) groups is 1. The third-order valence-corrected chi connectivity index (χ3v) is 6.92. The Bertz CT molecular complexity index is 1020. The Kier molecular flexibility index (Phi) is 7.49. The van der Waals surface area contributed by atoms with Crippen LogP contribution < -0.4 is 14.5 Å². The zero-order chi connectivity index (χ0) is 22.6. The van der Waals surface area contributed by atoms with Crippen LogP contribution in [0, 0.1) is 12.8 Å². The van der Waals surface area contributed by atoms with Gasteiger partial charge in [0.05, 0.1) is 11.9 Å². The number of anilines is 2. The zero-order valence-electron chi connectivity index (χ0n) is 18.3. The molecule has 1 fully saturated rings. The molecule has 1 heterocycles. The predicted octanol–water partition coefficient (Wildman–Crippen LogP) is 3.97. The molecule has 1 amide bonds. The standard InChI is InChI=1S/C23H30ClN3O3S/c1-17-5-4-12-26(15-17)21-9-6-19(7-10-21)14-25-23(28)16-27(31(3,29)30)22-11-8-20(24)13-18(22)2/h6-11,13,17H,4-5,12,14-16H2,1-3H3,(H,25,28).